The van der Waals surface area contributed by atoms with E-state index in [0.717, 1.165) is 5.56 Å². The highest BCUT2D eigenvalue weighted by atomic mass is 16.4. The van der Waals surface area contributed by atoms with Gasteiger partial charge in [-0.25, -0.2) is 4.79 Å². The van der Waals surface area contributed by atoms with Crippen molar-refractivity contribution in [2.75, 3.05) is 0 Å². The Labute approximate surface area is 69.1 Å². The van der Waals surface area contributed by atoms with Crippen LogP contribution >= 0.6 is 0 Å². The van der Waals surface area contributed by atoms with Crippen molar-refractivity contribution >= 4 is 11.7 Å². The smallest absolute Gasteiger partial charge is 0.388 e. The van der Waals surface area contributed by atoms with Crippen LogP contribution in [0.1, 0.15) is 15.9 Å². The second kappa shape index (κ2) is 3.01. The fourth-order valence-corrected chi connectivity index (χ4v) is 0.850. The third-order valence-corrected chi connectivity index (χ3v) is 1.56. The van der Waals surface area contributed by atoms with Gasteiger partial charge in [0.1, 0.15) is 0 Å². The monoisotopic (exact) mass is 163 g/mol. The molecule has 0 saturated carbocycles. The van der Waals surface area contributed by atoms with Crippen molar-refractivity contribution < 1.29 is 9.90 Å². The average Bonchev–Trinajstić information content (AvgIpc) is 2.05. The highest BCUT2D eigenvalue weighted by Gasteiger charge is 2.13. The Balaban J connectivity index is 3.25. The van der Waals surface area contributed by atoms with Crippen LogP contribution in [0.2, 0.25) is 0 Å². The Morgan fingerprint density at radius 2 is 2.25 bits per heavy atom. The third kappa shape index (κ3) is 1.40. The van der Waals surface area contributed by atoms with E-state index in [1.54, 1.807) is 13.0 Å². The van der Waals surface area contributed by atoms with E-state index in [9.17, 15) is 4.79 Å². The Morgan fingerprint density at radius 3 is 2.75 bits per heavy atom. The minimum absolute atomic E-state index is 0.119. The topological polar surface area (TPSA) is 65.4 Å². The quantitative estimate of drug-likeness (QED) is 0.645. The summed E-state index contributed by atoms with van der Waals surface area (Å²) in [5.74, 6) is -1.03. The lowest BCUT2D eigenvalue weighted by molar-refractivity contribution is 0.0697. The molecule has 60 valence electrons. The van der Waals surface area contributed by atoms with Gasteiger partial charge in [-0.05, 0) is 13.0 Å². The number of hydrogen-bond donors (Lipinski definition) is 1. The van der Waals surface area contributed by atoms with Crippen LogP contribution in [0.4, 0.5) is 5.69 Å². The molecule has 4 nitrogen and oxygen atoms in total. The zero-order valence-corrected chi connectivity index (χ0v) is 6.48. The normalized spacial score (nSPS) is 9.00. The molecule has 4 heteroatoms. The Bertz CT molecular complexity index is 366. The maximum absolute atomic E-state index is 10.5. The highest BCUT2D eigenvalue weighted by molar-refractivity contribution is 5.89. The van der Waals surface area contributed by atoms with Crippen molar-refractivity contribution in [3.05, 3.63) is 34.3 Å². The van der Waals surface area contributed by atoms with E-state index in [-0.39, 0.29) is 11.3 Å². The lowest BCUT2D eigenvalue weighted by Crippen LogP contribution is -1.95. The Kier molecular flexibility index (Phi) is 2.06. The molecule has 0 bridgehead atoms. The number of carboxylic acid groups (broad SMARTS) is 1. The van der Waals surface area contributed by atoms with E-state index < -0.39 is 5.97 Å². The van der Waals surface area contributed by atoms with Crippen LogP contribution in [-0.2, 0) is 0 Å². The molecule has 0 radical (unpaired) electrons. The standard InChI is InChI=1S/C8H6N2O2/c1-5-2-3-6(8(11)12)4-7(5)10-9/h2-4H,1H3/p+1. The van der Waals surface area contributed by atoms with Gasteiger partial charge in [-0.1, -0.05) is 6.07 Å². The number of nitrogens with zero attached hydrogens (tertiary/aromatic N) is 2. The summed E-state index contributed by atoms with van der Waals surface area (Å²) in [7, 11) is 0. The Morgan fingerprint density at radius 1 is 1.58 bits per heavy atom. The lowest BCUT2D eigenvalue weighted by Gasteiger charge is -1.90. The first-order chi connectivity index (χ1) is 5.65. The molecule has 0 aliphatic rings. The van der Waals surface area contributed by atoms with Gasteiger partial charge < -0.3 is 5.11 Å². The van der Waals surface area contributed by atoms with Gasteiger partial charge in [-0.3, -0.25) is 0 Å². The van der Waals surface area contributed by atoms with Crippen molar-refractivity contribution in [3.8, 4) is 0 Å². The summed E-state index contributed by atoms with van der Waals surface area (Å²) < 4.78 is 0. The van der Waals surface area contributed by atoms with Crippen LogP contribution in [0.5, 0.6) is 0 Å². The van der Waals surface area contributed by atoms with Gasteiger partial charge in [0.15, 0.2) is 4.98 Å². The van der Waals surface area contributed by atoms with E-state index >= 15 is 0 Å². The van der Waals surface area contributed by atoms with Crippen molar-refractivity contribution in [2.45, 2.75) is 6.92 Å². The van der Waals surface area contributed by atoms with Crippen LogP contribution < -0.4 is 0 Å². The van der Waals surface area contributed by atoms with Gasteiger partial charge in [0.05, 0.1) is 5.56 Å². The van der Waals surface area contributed by atoms with Crippen molar-refractivity contribution in [1.29, 1.82) is 5.39 Å². The molecule has 0 saturated heterocycles. The summed E-state index contributed by atoms with van der Waals surface area (Å²) in [5, 5.41) is 17.0. The van der Waals surface area contributed by atoms with Gasteiger partial charge in [-0.2, -0.15) is 0 Å². The average molecular weight is 163 g/mol. The predicted molar refractivity (Wildman–Crippen MR) is 42.9 cm³/mol. The van der Waals surface area contributed by atoms with Crippen LogP contribution in [0, 0.1) is 12.3 Å². The molecule has 0 aromatic heterocycles. The van der Waals surface area contributed by atoms with Crippen LogP contribution in [-0.4, -0.2) is 11.1 Å². The first-order valence-electron chi connectivity index (χ1n) is 3.34. The van der Waals surface area contributed by atoms with Gasteiger partial charge in [-0.15, -0.1) is 0 Å². The zero-order valence-electron chi connectivity index (χ0n) is 6.48. The molecule has 12 heavy (non-hydrogen) atoms. The van der Waals surface area contributed by atoms with E-state index in [0.29, 0.717) is 0 Å². The largest absolute Gasteiger partial charge is 0.478 e. The predicted octanol–water partition coefficient (Wildman–Crippen LogP) is 2.18. The van der Waals surface area contributed by atoms with E-state index in [1.807, 2.05) is 0 Å². The van der Waals surface area contributed by atoms with E-state index in [1.165, 1.54) is 12.1 Å². The number of aryl methyl sites for hydroxylation is 1. The van der Waals surface area contributed by atoms with Crippen LogP contribution in [0.25, 0.3) is 4.98 Å². The molecule has 0 atom stereocenters. The van der Waals surface area contributed by atoms with E-state index in [4.69, 9.17) is 10.5 Å². The molecule has 0 unspecified atom stereocenters. The number of hydrogen-bond acceptors (Lipinski definition) is 2. The van der Waals surface area contributed by atoms with Gasteiger partial charge >= 0.3 is 11.7 Å². The van der Waals surface area contributed by atoms with Crippen molar-refractivity contribution in [2.24, 2.45) is 0 Å². The molecule has 0 heterocycles. The number of carboxylic acids is 1. The molecule has 0 spiro atoms. The molecule has 0 aliphatic carbocycles. The van der Waals surface area contributed by atoms with Gasteiger partial charge in [0.2, 0.25) is 5.39 Å². The molecular weight excluding hydrogens is 156 g/mol. The van der Waals surface area contributed by atoms with Crippen LogP contribution in [0.3, 0.4) is 0 Å². The summed E-state index contributed by atoms with van der Waals surface area (Å²) >= 11 is 0. The summed E-state index contributed by atoms with van der Waals surface area (Å²) in [6, 6.07) is 4.38. The zero-order chi connectivity index (χ0) is 9.14. The Hall–Kier alpha value is -1.89. The minimum atomic E-state index is -1.03. The first kappa shape index (κ1) is 8.21. The fourth-order valence-electron chi connectivity index (χ4n) is 0.850. The number of aromatic carboxylic acids is 1. The molecule has 1 aromatic carbocycles. The molecule has 0 fully saturated rings. The summed E-state index contributed by atoms with van der Waals surface area (Å²) in [6.07, 6.45) is 0. The van der Waals surface area contributed by atoms with Crippen molar-refractivity contribution in [3.63, 3.8) is 0 Å². The SMILES string of the molecule is Cc1ccc(C(=O)O)cc1[N+]#N. The van der Waals surface area contributed by atoms with Crippen molar-refractivity contribution in [1.82, 2.24) is 0 Å². The van der Waals surface area contributed by atoms with E-state index in [2.05, 4.69) is 4.98 Å². The summed E-state index contributed by atoms with van der Waals surface area (Å²) in [5.41, 5.74) is 1.14. The maximum atomic E-state index is 10.5. The minimum Gasteiger partial charge on any atom is -0.478 e. The van der Waals surface area contributed by atoms with Gasteiger partial charge in [0.25, 0.3) is 0 Å². The number of rotatable bonds is 1. The summed E-state index contributed by atoms with van der Waals surface area (Å²) in [6.45, 7) is 1.74. The number of carbonyl (C=O) groups is 1. The molecule has 0 aliphatic heterocycles. The van der Waals surface area contributed by atoms with Gasteiger partial charge in [0, 0.05) is 11.6 Å². The molecule has 1 rings (SSSR count). The molecule has 0 amide bonds. The molecule has 1 aromatic rings. The fraction of sp³-hybridized carbons (Fsp3) is 0.125. The lowest BCUT2D eigenvalue weighted by atomic mass is 10.1. The molecular formula is C8H7N2O2+. The first-order valence-corrected chi connectivity index (χ1v) is 3.34. The number of benzene rings is 1. The third-order valence-electron chi connectivity index (χ3n) is 1.56. The number of diazo groups is 1. The highest BCUT2D eigenvalue weighted by Crippen LogP contribution is 2.19. The maximum Gasteiger partial charge on any atom is 0.388 e. The summed E-state index contributed by atoms with van der Waals surface area (Å²) in [4.78, 5) is 13.4. The second-order valence-corrected chi connectivity index (χ2v) is 2.41. The molecule has 1 N–H and O–H groups in total. The van der Waals surface area contributed by atoms with Crippen LogP contribution in [0.15, 0.2) is 18.2 Å². The second-order valence-electron chi connectivity index (χ2n) is 2.41.